The zero-order valence-corrected chi connectivity index (χ0v) is 12.6. The fourth-order valence-corrected chi connectivity index (χ4v) is 3.99. The van der Waals surface area contributed by atoms with Crippen LogP contribution in [0.15, 0.2) is 15.9 Å². The lowest BCUT2D eigenvalue weighted by atomic mass is 10.1. The van der Waals surface area contributed by atoms with E-state index >= 15 is 0 Å². The molecule has 1 unspecified atom stereocenters. The van der Waals surface area contributed by atoms with Gasteiger partial charge in [-0.3, -0.25) is 4.79 Å². The van der Waals surface area contributed by atoms with Crippen molar-refractivity contribution in [1.82, 2.24) is 10.2 Å². The van der Waals surface area contributed by atoms with Crippen LogP contribution in [0.4, 0.5) is 0 Å². The van der Waals surface area contributed by atoms with E-state index in [2.05, 4.69) is 37.6 Å². The highest BCUT2D eigenvalue weighted by Crippen LogP contribution is 2.32. The standard InChI is InChI=1S/C13H17BrN2OS/c14-11-3-4-18-12(11)7-15-6-9-5-13(17)16(8-9)10-1-2-10/h3-4,9-10,15H,1-2,5-8H2. The Morgan fingerprint density at radius 1 is 1.50 bits per heavy atom. The molecule has 1 aromatic rings. The van der Waals surface area contributed by atoms with E-state index in [0.29, 0.717) is 17.9 Å². The summed E-state index contributed by atoms with van der Waals surface area (Å²) in [5.41, 5.74) is 0. The molecule has 0 aromatic carbocycles. The van der Waals surface area contributed by atoms with Gasteiger partial charge in [0, 0.05) is 41.4 Å². The van der Waals surface area contributed by atoms with Crippen molar-refractivity contribution in [3.8, 4) is 0 Å². The van der Waals surface area contributed by atoms with E-state index < -0.39 is 0 Å². The van der Waals surface area contributed by atoms with E-state index in [1.807, 2.05) is 0 Å². The van der Waals surface area contributed by atoms with Crippen LogP contribution in [0.25, 0.3) is 0 Å². The average Bonchev–Trinajstić information content (AvgIpc) is 3.01. The van der Waals surface area contributed by atoms with Gasteiger partial charge in [0.15, 0.2) is 0 Å². The summed E-state index contributed by atoms with van der Waals surface area (Å²) in [4.78, 5) is 15.2. The van der Waals surface area contributed by atoms with Gasteiger partial charge >= 0.3 is 0 Å². The van der Waals surface area contributed by atoms with Gasteiger partial charge in [-0.25, -0.2) is 0 Å². The zero-order valence-electron chi connectivity index (χ0n) is 10.2. The number of amides is 1. The number of carbonyl (C=O) groups excluding carboxylic acids is 1. The van der Waals surface area contributed by atoms with Crippen molar-refractivity contribution in [3.63, 3.8) is 0 Å². The smallest absolute Gasteiger partial charge is 0.223 e. The van der Waals surface area contributed by atoms with E-state index in [-0.39, 0.29) is 0 Å². The van der Waals surface area contributed by atoms with E-state index in [4.69, 9.17) is 0 Å². The third kappa shape index (κ3) is 2.78. The fourth-order valence-electron chi connectivity index (χ4n) is 2.53. The summed E-state index contributed by atoms with van der Waals surface area (Å²) in [6.07, 6.45) is 3.16. The third-order valence-corrected chi connectivity index (χ3v) is 5.56. The first kappa shape index (κ1) is 12.6. The number of likely N-dealkylation sites (tertiary alicyclic amines) is 1. The topological polar surface area (TPSA) is 32.3 Å². The molecule has 1 aliphatic carbocycles. The SMILES string of the molecule is O=C1CC(CNCc2sccc2Br)CN1C1CC1. The molecule has 2 heterocycles. The third-order valence-electron chi connectivity index (χ3n) is 3.64. The Labute approximate surface area is 120 Å². The maximum absolute atomic E-state index is 11.8. The zero-order chi connectivity index (χ0) is 12.5. The molecule has 3 rings (SSSR count). The molecule has 1 aromatic heterocycles. The van der Waals surface area contributed by atoms with Crippen molar-refractivity contribution in [2.24, 2.45) is 5.92 Å². The van der Waals surface area contributed by atoms with E-state index in [1.54, 1.807) is 11.3 Å². The van der Waals surface area contributed by atoms with Crippen molar-refractivity contribution in [2.45, 2.75) is 31.8 Å². The largest absolute Gasteiger partial charge is 0.339 e. The molecule has 1 saturated heterocycles. The molecule has 1 atom stereocenters. The summed E-state index contributed by atoms with van der Waals surface area (Å²) in [6.45, 7) is 2.80. The molecule has 3 nitrogen and oxygen atoms in total. The Kier molecular flexibility index (Phi) is 3.73. The molecule has 5 heteroatoms. The summed E-state index contributed by atoms with van der Waals surface area (Å²) >= 11 is 5.30. The number of hydrogen-bond acceptors (Lipinski definition) is 3. The number of nitrogens with zero attached hydrogens (tertiary/aromatic N) is 1. The molecule has 1 N–H and O–H groups in total. The van der Waals surface area contributed by atoms with Gasteiger partial charge in [-0.05, 0) is 46.1 Å². The molecule has 98 valence electrons. The van der Waals surface area contributed by atoms with Crippen LogP contribution in [0.5, 0.6) is 0 Å². The van der Waals surface area contributed by atoms with Crippen molar-refractivity contribution in [3.05, 3.63) is 20.8 Å². The first-order valence-electron chi connectivity index (χ1n) is 6.46. The van der Waals surface area contributed by atoms with Gasteiger partial charge in [-0.15, -0.1) is 11.3 Å². The number of carbonyl (C=O) groups is 1. The van der Waals surface area contributed by atoms with Gasteiger partial charge in [0.2, 0.25) is 5.91 Å². The molecule has 2 fully saturated rings. The van der Waals surface area contributed by atoms with Crippen LogP contribution in [0.3, 0.4) is 0 Å². The maximum Gasteiger partial charge on any atom is 0.223 e. The molecule has 0 radical (unpaired) electrons. The maximum atomic E-state index is 11.8. The van der Waals surface area contributed by atoms with Crippen molar-refractivity contribution in [1.29, 1.82) is 0 Å². The van der Waals surface area contributed by atoms with Crippen LogP contribution in [0.2, 0.25) is 0 Å². The first-order valence-corrected chi connectivity index (χ1v) is 8.13. The molecule has 18 heavy (non-hydrogen) atoms. The highest BCUT2D eigenvalue weighted by atomic mass is 79.9. The molecule has 2 aliphatic rings. The van der Waals surface area contributed by atoms with Gasteiger partial charge in [-0.2, -0.15) is 0 Å². The lowest BCUT2D eigenvalue weighted by Crippen LogP contribution is -2.29. The average molecular weight is 329 g/mol. The number of nitrogens with one attached hydrogen (secondary N) is 1. The lowest BCUT2D eigenvalue weighted by Gasteiger charge is -2.15. The summed E-state index contributed by atoms with van der Waals surface area (Å²) in [5, 5.41) is 5.56. The Morgan fingerprint density at radius 2 is 2.33 bits per heavy atom. The highest BCUT2D eigenvalue weighted by molar-refractivity contribution is 9.10. The Bertz CT molecular complexity index is 444. The number of thiophene rings is 1. The second kappa shape index (κ2) is 5.31. The summed E-state index contributed by atoms with van der Waals surface area (Å²) in [7, 11) is 0. The van der Waals surface area contributed by atoms with Crippen molar-refractivity contribution >= 4 is 33.2 Å². The normalized spacial score (nSPS) is 23.9. The van der Waals surface area contributed by atoms with E-state index in [1.165, 1.54) is 22.2 Å². The summed E-state index contributed by atoms with van der Waals surface area (Å²) in [5.74, 6) is 0.860. The van der Waals surface area contributed by atoms with Crippen molar-refractivity contribution in [2.75, 3.05) is 13.1 Å². The highest BCUT2D eigenvalue weighted by Gasteiger charge is 2.38. The molecule has 1 amide bonds. The first-order chi connectivity index (χ1) is 8.74. The van der Waals surface area contributed by atoms with Crippen LogP contribution < -0.4 is 5.32 Å². The quantitative estimate of drug-likeness (QED) is 0.901. The number of hydrogen-bond donors (Lipinski definition) is 1. The van der Waals surface area contributed by atoms with Gasteiger partial charge in [0.25, 0.3) is 0 Å². The van der Waals surface area contributed by atoms with Crippen LogP contribution >= 0.6 is 27.3 Å². The van der Waals surface area contributed by atoms with E-state index in [0.717, 1.165) is 26.1 Å². The molecule has 0 spiro atoms. The number of halogens is 1. The minimum absolute atomic E-state index is 0.363. The van der Waals surface area contributed by atoms with Crippen LogP contribution in [-0.4, -0.2) is 29.9 Å². The van der Waals surface area contributed by atoms with Gasteiger partial charge in [-0.1, -0.05) is 0 Å². The molecule has 1 saturated carbocycles. The molecular formula is C13H17BrN2OS. The van der Waals surface area contributed by atoms with E-state index in [9.17, 15) is 4.79 Å². The van der Waals surface area contributed by atoms with Crippen LogP contribution in [-0.2, 0) is 11.3 Å². The predicted molar refractivity (Wildman–Crippen MR) is 76.6 cm³/mol. The predicted octanol–water partition coefficient (Wildman–Crippen LogP) is 2.61. The Hall–Kier alpha value is -0.390. The van der Waals surface area contributed by atoms with Gasteiger partial charge in [0.1, 0.15) is 0 Å². The Morgan fingerprint density at radius 3 is 3.00 bits per heavy atom. The summed E-state index contributed by atoms with van der Waals surface area (Å²) in [6, 6.07) is 2.66. The Balaban J connectivity index is 1.44. The lowest BCUT2D eigenvalue weighted by molar-refractivity contribution is -0.128. The molecular weight excluding hydrogens is 312 g/mol. The van der Waals surface area contributed by atoms with Gasteiger partial charge in [0.05, 0.1) is 0 Å². The second-order valence-electron chi connectivity index (χ2n) is 5.17. The van der Waals surface area contributed by atoms with Crippen molar-refractivity contribution < 1.29 is 4.79 Å². The monoisotopic (exact) mass is 328 g/mol. The molecule has 1 aliphatic heterocycles. The van der Waals surface area contributed by atoms with Crippen LogP contribution in [0.1, 0.15) is 24.1 Å². The second-order valence-corrected chi connectivity index (χ2v) is 7.03. The minimum atomic E-state index is 0.363. The number of rotatable bonds is 5. The minimum Gasteiger partial charge on any atom is -0.339 e. The fraction of sp³-hybridized carbons (Fsp3) is 0.615. The summed E-state index contributed by atoms with van der Waals surface area (Å²) < 4.78 is 1.18. The molecule has 0 bridgehead atoms. The van der Waals surface area contributed by atoms with Crippen LogP contribution in [0, 0.1) is 5.92 Å². The van der Waals surface area contributed by atoms with Gasteiger partial charge < -0.3 is 10.2 Å².